The van der Waals surface area contributed by atoms with Crippen molar-refractivity contribution in [1.82, 2.24) is 0 Å². The third-order valence-electron chi connectivity index (χ3n) is 1.55. The average Bonchev–Trinajstić information content (AvgIpc) is 2.06. The maximum atomic E-state index is 5.09. The quantitative estimate of drug-likeness (QED) is 0.497. The van der Waals surface area contributed by atoms with Gasteiger partial charge in [-0.05, 0) is 24.1 Å². The van der Waals surface area contributed by atoms with Gasteiger partial charge in [-0.1, -0.05) is 25.5 Å². The molecule has 0 spiro atoms. The van der Waals surface area contributed by atoms with Gasteiger partial charge < -0.3 is 5.32 Å². The van der Waals surface area contributed by atoms with E-state index in [2.05, 4.69) is 30.4 Å². The van der Waals surface area contributed by atoms with Gasteiger partial charge in [0.15, 0.2) is 0 Å². The Morgan fingerprint density at radius 2 is 2.36 bits per heavy atom. The Hall–Kier alpha value is -1.42. The fourth-order valence-corrected chi connectivity index (χ4v) is 0.952. The van der Waals surface area contributed by atoms with Gasteiger partial charge in [0.25, 0.3) is 0 Å². The summed E-state index contributed by atoms with van der Waals surface area (Å²) in [7, 11) is 0. The number of hydrogen-bond acceptors (Lipinski definition) is 1. The van der Waals surface area contributed by atoms with Crippen molar-refractivity contribution in [3.8, 4) is 12.5 Å². The van der Waals surface area contributed by atoms with Crippen molar-refractivity contribution < 1.29 is 0 Å². The Kier molecular flexibility index (Phi) is 2.57. The molecule has 0 aliphatic rings. The smallest absolute Gasteiger partial charge is 0.0461 e. The number of terminal acetylenes is 1. The molecule has 0 saturated heterocycles. The fourth-order valence-electron chi connectivity index (χ4n) is 0.952. The van der Waals surface area contributed by atoms with Gasteiger partial charge in [-0.3, -0.25) is 0 Å². The van der Waals surface area contributed by atoms with Gasteiger partial charge in [0, 0.05) is 11.7 Å². The molecule has 11 heavy (non-hydrogen) atoms. The lowest BCUT2D eigenvalue weighted by Gasteiger charge is -2.00. The van der Waals surface area contributed by atoms with Crippen LogP contribution in [0.15, 0.2) is 24.3 Å². The highest BCUT2D eigenvalue weighted by molar-refractivity contribution is 5.49. The molecule has 56 valence electrons. The zero-order chi connectivity index (χ0) is 8.10. The molecule has 0 aliphatic carbocycles. The molecule has 0 saturated carbocycles. The second-order valence-corrected chi connectivity index (χ2v) is 2.32. The topological polar surface area (TPSA) is 12.0 Å². The molecule has 0 unspecified atom stereocenters. The summed E-state index contributed by atoms with van der Waals surface area (Å²) in [4.78, 5) is 0. The van der Waals surface area contributed by atoms with Crippen LogP contribution in [0.2, 0.25) is 0 Å². The summed E-state index contributed by atoms with van der Waals surface area (Å²) >= 11 is 0. The largest absolute Gasteiger partial charge is 0.315 e. The molecule has 1 nitrogen and oxygen atoms in total. The van der Waals surface area contributed by atoms with Crippen LogP contribution in [0.5, 0.6) is 0 Å². The Morgan fingerprint density at radius 3 is 3.00 bits per heavy atom. The monoisotopic (exact) mass is 145 g/mol. The molecule has 1 heteroatoms. The first kappa shape index (κ1) is 7.68. The van der Waals surface area contributed by atoms with Crippen LogP contribution in [-0.2, 0) is 6.42 Å². The minimum absolute atomic E-state index is 0.992. The first-order chi connectivity index (χ1) is 5.36. The van der Waals surface area contributed by atoms with Crippen molar-refractivity contribution >= 4 is 5.69 Å². The summed E-state index contributed by atoms with van der Waals surface area (Å²) in [5.41, 5.74) is 2.29. The predicted octanol–water partition coefficient (Wildman–Crippen LogP) is 2.25. The molecule has 1 N–H and O–H groups in total. The number of anilines is 1. The van der Waals surface area contributed by atoms with Crippen molar-refractivity contribution in [2.45, 2.75) is 13.3 Å². The first-order valence-corrected chi connectivity index (χ1v) is 3.67. The highest BCUT2D eigenvalue weighted by Crippen LogP contribution is 2.09. The molecule has 0 aliphatic heterocycles. The van der Waals surface area contributed by atoms with Crippen LogP contribution in [0.1, 0.15) is 12.5 Å². The summed E-state index contributed by atoms with van der Waals surface area (Å²) in [6.45, 7) is 2.12. The minimum Gasteiger partial charge on any atom is -0.315 e. The summed E-state index contributed by atoms with van der Waals surface area (Å²) in [5.74, 6) is 0. The van der Waals surface area contributed by atoms with Crippen LogP contribution < -0.4 is 5.32 Å². The highest BCUT2D eigenvalue weighted by Gasteiger charge is 1.90. The van der Waals surface area contributed by atoms with E-state index in [9.17, 15) is 0 Å². The zero-order valence-electron chi connectivity index (χ0n) is 6.59. The van der Waals surface area contributed by atoms with E-state index in [4.69, 9.17) is 6.42 Å². The van der Waals surface area contributed by atoms with Crippen LogP contribution in [-0.4, -0.2) is 0 Å². The normalized spacial score (nSPS) is 8.73. The van der Waals surface area contributed by atoms with Gasteiger partial charge in [-0.15, -0.1) is 0 Å². The maximum Gasteiger partial charge on any atom is 0.0461 e. The molecular formula is C10H11N. The Labute approximate surface area is 67.4 Å². The van der Waals surface area contributed by atoms with Crippen molar-refractivity contribution in [2.24, 2.45) is 0 Å². The van der Waals surface area contributed by atoms with Crippen LogP contribution >= 0.6 is 0 Å². The van der Waals surface area contributed by atoms with Crippen molar-refractivity contribution in [3.05, 3.63) is 29.8 Å². The Morgan fingerprint density at radius 1 is 1.55 bits per heavy atom. The van der Waals surface area contributed by atoms with E-state index >= 15 is 0 Å². The lowest BCUT2D eigenvalue weighted by molar-refractivity contribution is 1.14. The third kappa shape index (κ3) is 2.01. The van der Waals surface area contributed by atoms with Crippen molar-refractivity contribution in [3.63, 3.8) is 0 Å². The van der Waals surface area contributed by atoms with Gasteiger partial charge in [0.1, 0.15) is 0 Å². The van der Waals surface area contributed by atoms with E-state index < -0.39 is 0 Å². The van der Waals surface area contributed by atoms with Gasteiger partial charge in [-0.25, -0.2) is 0 Å². The first-order valence-electron chi connectivity index (χ1n) is 3.67. The number of rotatable bonds is 2. The van der Waals surface area contributed by atoms with Crippen LogP contribution in [0.3, 0.4) is 0 Å². The lowest BCUT2D eigenvalue weighted by Crippen LogP contribution is -1.88. The fraction of sp³-hybridized carbons (Fsp3) is 0.200. The number of hydrogen-bond donors (Lipinski definition) is 1. The SMILES string of the molecule is C#CNc1cccc(CC)c1. The van der Waals surface area contributed by atoms with E-state index in [1.807, 2.05) is 12.1 Å². The maximum absolute atomic E-state index is 5.09. The van der Waals surface area contributed by atoms with Crippen LogP contribution in [0.25, 0.3) is 0 Å². The van der Waals surface area contributed by atoms with Gasteiger partial charge in [-0.2, -0.15) is 0 Å². The average molecular weight is 145 g/mol. The van der Waals surface area contributed by atoms with E-state index in [1.165, 1.54) is 5.56 Å². The van der Waals surface area contributed by atoms with Crippen molar-refractivity contribution in [2.75, 3.05) is 5.32 Å². The van der Waals surface area contributed by atoms with Gasteiger partial charge >= 0.3 is 0 Å². The van der Waals surface area contributed by atoms with Crippen LogP contribution in [0.4, 0.5) is 5.69 Å². The van der Waals surface area contributed by atoms with Gasteiger partial charge in [0.05, 0.1) is 0 Å². The molecule has 0 fully saturated rings. The molecular weight excluding hydrogens is 134 g/mol. The van der Waals surface area contributed by atoms with Gasteiger partial charge in [0.2, 0.25) is 0 Å². The standard InChI is InChI=1S/C10H11N/c1-3-9-6-5-7-10(8-9)11-4-2/h2,5-8,11H,3H2,1H3. The zero-order valence-corrected chi connectivity index (χ0v) is 6.59. The van der Waals surface area contributed by atoms with E-state index in [-0.39, 0.29) is 0 Å². The Balaban J connectivity index is 2.84. The highest BCUT2D eigenvalue weighted by atomic mass is 14.8. The molecule has 0 atom stereocenters. The van der Waals surface area contributed by atoms with E-state index in [1.54, 1.807) is 0 Å². The second-order valence-electron chi connectivity index (χ2n) is 2.32. The lowest BCUT2D eigenvalue weighted by atomic mass is 10.1. The number of nitrogens with one attached hydrogen (secondary N) is 1. The Bertz CT molecular complexity index is 270. The number of benzene rings is 1. The summed E-state index contributed by atoms with van der Waals surface area (Å²) < 4.78 is 0. The third-order valence-corrected chi connectivity index (χ3v) is 1.55. The number of aryl methyl sites for hydroxylation is 1. The summed E-state index contributed by atoms with van der Waals surface area (Å²) in [6.07, 6.45) is 6.13. The molecule has 0 amide bonds. The summed E-state index contributed by atoms with van der Waals surface area (Å²) in [5, 5.41) is 2.81. The van der Waals surface area contributed by atoms with Crippen LogP contribution in [0, 0.1) is 12.5 Å². The van der Waals surface area contributed by atoms with Crippen molar-refractivity contribution in [1.29, 1.82) is 0 Å². The summed E-state index contributed by atoms with van der Waals surface area (Å²) in [6, 6.07) is 10.5. The molecule has 0 heterocycles. The second kappa shape index (κ2) is 3.68. The predicted molar refractivity (Wildman–Crippen MR) is 48.3 cm³/mol. The molecule has 0 aromatic heterocycles. The van der Waals surface area contributed by atoms with E-state index in [0.29, 0.717) is 0 Å². The molecule has 1 rings (SSSR count). The molecule has 0 bridgehead atoms. The minimum atomic E-state index is 0.992. The van der Waals surface area contributed by atoms with E-state index in [0.717, 1.165) is 12.1 Å². The molecule has 1 aromatic rings. The molecule has 0 radical (unpaired) electrons. The molecule has 1 aromatic carbocycles.